The van der Waals surface area contributed by atoms with Crippen LogP contribution in [0.5, 0.6) is 0 Å². The third-order valence-electron chi connectivity index (χ3n) is 1.67. The van der Waals surface area contributed by atoms with Gasteiger partial charge in [-0.05, 0) is 6.42 Å². The van der Waals surface area contributed by atoms with Crippen molar-refractivity contribution >= 4 is 5.97 Å². The fourth-order valence-corrected chi connectivity index (χ4v) is 0.853. The summed E-state index contributed by atoms with van der Waals surface area (Å²) in [4.78, 5) is 8.78. The number of aryl methyl sites for hydroxylation is 2. The van der Waals surface area contributed by atoms with Crippen LogP contribution in [0.4, 0.5) is 13.2 Å². The molecule has 0 N–H and O–H groups in total. The summed E-state index contributed by atoms with van der Waals surface area (Å²) in [6, 6.07) is 0. The van der Waals surface area contributed by atoms with Gasteiger partial charge in [0.2, 0.25) is 6.33 Å². The number of carbonyl (C=O) groups is 1. The van der Waals surface area contributed by atoms with E-state index in [0.717, 1.165) is 6.54 Å². The number of carbonyl (C=O) groups excluding carboxylic acids is 1. The van der Waals surface area contributed by atoms with Gasteiger partial charge in [-0.1, -0.05) is 13.3 Å². The van der Waals surface area contributed by atoms with Gasteiger partial charge < -0.3 is 9.90 Å². The van der Waals surface area contributed by atoms with Gasteiger partial charge in [0.05, 0.1) is 7.05 Å². The second kappa shape index (κ2) is 6.87. The van der Waals surface area contributed by atoms with Crippen LogP contribution < -0.4 is 9.67 Å². The molecule has 1 aromatic heterocycles. The van der Waals surface area contributed by atoms with Crippen LogP contribution >= 0.6 is 0 Å². The molecule has 0 atom stereocenters. The molecule has 1 heterocycles. The van der Waals surface area contributed by atoms with Gasteiger partial charge >= 0.3 is 6.18 Å². The van der Waals surface area contributed by atoms with E-state index in [-0.39, 0.29) is 0 Å². The second-order valence-corrected chi connectivity index (χ2v) is 3.31. The Morgan fingerprint density at radius 2 is 2.06 bits per heavy atom. The van der Waals surface area contributed by atoms with Crippen LogP contribution in [0.2, 0.25) is 0 Å². The molecule has 0 amide bonds. The highest BCUT2D eigenvalue weighted by atomic mass is 19.4. The monoisotopic (exact) mass is 253 g/mol. The first-order chi connectivity index (χ1) is 7.77. The lowest BCUT2D eigenvalue weighted by atomic mass is 10.3. The summed E-state index contributed by atoms with van der Waals surface area (Å²) in [5.74, 6) is -3.01. The minimum Gasteiger partial charge on any atom is -0.542 e. The number of halogens is 3. The molecular weight excluding hydrogens is 239 g/mol. The SMILES string of the molecule is CCCCn1c[n+](C)cn1.O=C([O-])C(F)(F)F. The number of unbranched alkanes of at least 4 members (excludes halogenated alkanes) is 1. The first-order valence-electron chi connectivity index (χ1n) is 4.93. The number of hydrogen-bond acceptors (Lipinski definition) is 3. The lowest BCUT2D eigenvalue weighted by Crippen LogP contribution is -2.37. The highest BCUT2D eigenvalue weighted by Gasteiger charge is 2.28. The molecule has 1 rings (SSSR count). The van der Waals surface area contributed by atoms with Gasteiger partial charge in [-0.2, -0.15) is 13.2 Å². The molecule has 5 nitrogen and oxygen atoms in total. The summed E-state index contributed by atoms with van der Waals surface area (Å²) >= 11 is 0. The van der Waals surface area contributed by atoms with E-state index in [9.17, 15) is 13.2 Å². The van der Waals surface area contributed by atoms with Gasteiger partial charge in [0.25, 0.3) is 6.33 Å². The Morgan fingerprint density at radius 1 is 1.53 bits per heavy atom. The average molecular weight is 253 g/mol. The standard InChI is InChI=1S/C7H14N3.C2HF3O2/c1-3-4-5-10-7-9(2)6-8-10;3-2(4,5)1(6)7/h6-7H,3-5H2,1-2H3;(H,6,7)/q+1;/p-1. The van der Waals surface area contributed by atoms with Crippen molar-refractivity contribution in [1.29, 1.82) is 0 Å². The number of alkyl halides is 3. The van der Waals surface area contributed by atoms with Crippen molar-refractivity contribution in [2.75, 3.05) is 0 Å². The molecule has 98 valence electrons. The summed E-state index contributed by atoms with van der Waals surface area (Å²) in [6.45, 7) is 3.22. The van der Waals surface area contributed by atoms with Gasteiger partial charge in [-0.25, -0.2) is 4.57 Å². The van der Waals surface area contributed by atoms with Gasteiger partial charge in [0.15, 0.2) is 0 Å². The van der Waals surface area contributed by atoms with Crippen LogP contribution in [0, 0.1) is 0 Å². The fourth-order valence-electron chi connectivity index (χ4n) is 0.853. The number of aromatic nitrogens is 3. The molecule has 0 aliphatic carbocycles. The van der Waals surface area contributed by atoms with E-state index in [4.69, 9.17) is 9.90 Å². The third-order valence-corrected chi connectivity index (χ3v) is 1.67. The van der Waals surface area contributed by atoms with Gasteiger partial charge in [-0.15, -0.1) is 4.68 Å². The van der Waals surface area contributed by atoms with Crippen LogP contribution in [0.15, 0.2) is 12.7 Å². The quantitative estimate of drug-likeness (QED) is 0.701. The Labute approximate surface area is 96.5 Å². The molecule has 0 aliphatic rings. The number of carboxylic acids is 1. The zero-order valence-corrected chi connectivity index (χ0v) is 9.57. The number of nitrogens with zero attached hydrogens (tertiary/aromatic N) is 3. The predicted molar refractivity (Wildman–Crippen MR) is 49.4 cm³/mol. The molecule has 0 saturated carbocycles. The molecule has 0 aromatic carbocycles. The zero-order valence-electron chi connectivity index (χ0n) is 9.57. The maximum atomic E-state index is 10.5. The van der Waals surface area contributed by atoms with Crippen molar-refractivity contribution in [2.45, 2.75) is 32.5 Å². The van der Waals surface area contributed by atoms with Crippen molar-refractivity contribution in [3.63, 3.8) is 0 Å². The van der Waals surface area contributed by atoms with Crippen molar-refractivity contribution in [3.05, 3.63) is 12.7 Å². The van der Waals surface area contributed by atoms with Crippen molar-refractivity contribution in [3.8, 4) is 0 Å². The smallest absolute Gasteiger partial charge is 0.430 e. The van der Waals surface area contributed by atoms with Crippen LogP contribution in [-0.2, 0) is 18.4 Å². The molecule has 0 bridgehead atoms. The largest absolute Gasteiger partial charge is 0.542 e. The molecular formula is C9H14F3N3O2. The van der Waals surface area contributed by atoms with E-state index in [2.05, 4.69) is 12.0 Å². The third kappa shape index (κ3) is 7.31. The zero-order chi connectivity index (χ0) is 13.5. The molecule has 1 aromatic rings. The van der Waals surface area contributed by atoms with Crippen molar-refractivity contribution < 1.29 is 27.6 Å². The molecule has 8 heteroatoms. The summed E-state index contributed by atoms with van der Waals surface area (Å²) in [5, 5.41) is 12.9. The molecule has 0 aliphatic heterocycles. The second-order valence-electron chi connectivity index (χ2n) is 3.31. The summed E-state index contributed by atoms with van der Waals surface area (Å²) in [5.41, 5.74) is 0. The first-order valence-corrected chi connectivity index (χ1v) is 4.93. The Bertz CT molecular complexity index is 350. The number of aliphatic carboxylic acids is 1. The van der Waals surface area contributed by atoms with Crippen molar-refractivity contribution in [1.82, 2.24) is 9.78 Å². The Hall–Kier alpha value is -1.60. The van der Waals surface area contributed by atoms with E-state index < -0.39 is 12.1 Å². The lowest BCUT2D eigenvalue weighted by Gasteiger charge is -2.03. The molecule has 0 radical (unpaired) electrons. The number of hydrogen-bond donors (Lipinski definition) is 0. The Morgan fingerprint density at radius 3 is 2.35 bits per heavy atom. The van der Waals surface area contributed by atoms with E-state index in [1.807, 2.05) is 29.0 Å². The lowest BCUT2D eigenvalue weighted by molar-refractivity contribution is -0.672. The predicted octanol–water partition coefficient (Wildman–Crippen LogP) is -0.194. The van der Waals surface area contributed by atoms with Crippen LogP contribution in [0.3, 0.4) is 0 Å². The highest BCUT2D eigenvalue weighted by molar-refractivity contribution is 5.70. The molecule has 0 fully saturated rings. The Balaban J connectivity index is 0.000000325. The highest BCUT2D eigenvalue weighted by Crippen LogP contribution is 2.11. The van der Waals surface area contributed by atoms with E-state index >= 15 is 0 Å². The average Bonchev–Trinajstić information content (AvgIpc) is 2.60. The van der Waals surface area contributed by atoms with Gasteiger partial charge in [0, 0.05) is 5.10 Å². The van der Waals surface area contributed by atoms with Crippen LogP contribution in [0.25, 0.3) is 0 Å². The van der Waals surface area contributed by atoms with E-state index in [1.165, 1.54) is 12.8 Å². The normalized spacial score (nSPS) is 10.6. The van der Waals surface area contributed by atoms with Gasteiger partial charge in [0.1, 0.15) is 12.5 Å². The van der Waals surface area contributed by atoms with Crippen LogP contribution in [0.1, 0.15) is 19.8 Å². The summed E-state index contributed by atoms with van der Waals surface area (Å²) in [6.07, 6.45) is 1.05. The van der Waals surface area contributed by atoms with Crippen molar-refractivity contribution in [2.24, 2.45) is 7.05 Å². The number of rotatable bonds is 3. The van der Waals surface area contributed by atoms with Gasteiger partial charge in [-0.3, -0.25) is 0 Å². The molecule has 0 unspecified atom stereocenters. The topological polar surface area (TPSA) is 61.8 Å². The Kier molecular flexibility index (Phi) is 6.22. The number of carboxylic acid groups (broad SMARTS) is 1. The summed E-state index contributed by atoms with van der Waals surface area (Å²) < 4.78 is 35.5. The molecule has 0 saturated heterocycles. The van der Waals surface area contributed by atoms with E-state index in [1.54, 1.807) is 0 Å². The molecule has 0 spiro atoms. The summed E-state index contributed by atoms with van der Waals surface area (Å²) in [7, 11) is 1.98. The minimum absolute atomic E-state index is 1.04. The maximum absolute atomic E-state index is 10.5. The fraction of sp³-hybridized carbons (Fsp3) is 0.667. The minimum atomic E-state index is -5.19. The first kappa shape index (κ1) is 15.4. The van der Waals surface area contributed by atoms with E-state index in [0.29, 0.717) is 0 Å². The molecule has 17 heavy (non-hydrogen) atoms. The van der Waals surface area contributed by atoms with Crippen LogP contribution in [-0.4, -0.2) is 21.9 Å². The maximum Gasteiger partial charge on any atom is 0.430 e.